The van der Waals surface area contributed by atoms with E-state index in [0.29, 0.717) is 13.1 Å². The second-order valence-electron chi connectivity index (χ2n) is 5.80. The topological polar surface area (TPSA) is 41.1 Å². The summed E-state index contributed by atoms with van der Waals surface area (Å²) in [5, 5.41) is 6.17. The van der Waals surface area contributed by atoms with Crippen LogP contribution in [0.3, 0.4) is 0 Å². The van der Waals surface area contributed by atoms with Gasteiger partial charge in [0.25, 0.3) is 0 Å². The number of carbonyl (C=O) groups excluding carboxylic acids is 1. The number of nitrogens with one attached hydrogen (secondary N) is 2. The molecule has 1 aliphatic carbocycles. The van der Waals surface area contributed by atoms with E-state index < -0.39 is 0 Å². The molecule has 2 N–H and O–H groups in total. The lowest BCUT2D eigenvalue weighted by Gasteiger charge is -2.13. The third-order valence-electron chi connectivity index (χ3n) is 3.90. The highest BCUT2D eigenvalue weighted by atomic mass is 16.1. The van der Waals surface area contributed by atoms with E-state index in [-0.39, 0.29) is 5.91 Å². The zero-order chi connectivity index (χ0) is 14.9. The van der Waals surface area contributed by atoms with Crippen molar-refractivity contribution in [2.45, 2.75) is 45.6 Å². The van der Waals surface area contributed by atoms with Gasteiger partial charge in [-0.25, -0.2) is 0 Å². The smallest absolute Gasteiger partial charge is 0.234 e. The number of rotatable bonds is 7. The Bertz CT molecular complexity index is 476. The Balaban J connectivity index is 1.57. The summed E-state index contributed by atoms with van der Waals surface area (Å²) in [7, 11) is 0. The fourth-order valence-electron chi connectivity index (χ4n) is 2.55. The number of hydrogen-bond donors (Lipinski definition) is 2. The first-order valence-electron chi connectivity index (χ1n) is 7.95. The molecule has 0 bridgehead atoms. The Morgan fingerprint density at radius 2 is 2.00 bits per heavy atom. The van der Waals surface area contributed by atoms with Crippen LogP contribution >= 0.6 is 0 Å². The highest BCUT2D eigenvalue weighted by molar-refractivity contribution is 5.77. The molecule has 0 fully saturated rings. The predicted octanol–water partition coefficient (Wildman–Crippen LogP) is 3.09. The molecule has 3 heteroatoms. The average Bonchev–Trinajstić information content (AvgIpc) is 2.52. The zero-order valence-corrected chi connectivity index (χ0v) is 13.0. The van der Waals surface area contributed by atoms with Gasteiger partial charge in [0.05, 0.1) is 6.54 Å². The first-order chi connectivity index (χ1) is 10.2. The van der Waals surface area contributed by atoms with Gasteiger partial charge in [-0.1, -0.05) is 41.5 Å². The summed E-state index contributed by atoms with van der Waals surface area (Å²) >= 11 is 0. The maximum absolute atomic E-state index is 11.7. The molecule has 0 unspecified atom stereocenters. The summed E-state index contributed by atoms with van der Waals surface area (Å²) in [6, 6.07) is 8.24. The Labute approximate surface area is 127 Å². The first kappa shape index (κ1) is 15.8. The summed E-state index contributed by atoms with van der Waals surface area (Å²) in [6.07, 6.45) is 8.56. The molecule has 114 valence electrons. The maximum Gasteiger partial charge on any atom is 0.234 e. The van der Waals surface area contributed by atoms with Gasteiger partial charge in [-0.2, -0.15) is 0 Å². The summed E-state index contributed by atoms with van der Waals surface area (Å²) in [6.45, 7) is 3.96. The van der Waals surface area contributed by atoms with Crippen molar-refractivity contribution in [3.63, 3.8) is 0 Å². The van der Waals surface area contributed by atoms with Crippen molar-refractivity contribution >= 4 is 5.91 Å². The lowest BCUT2D eigenvalue weighted by atomic mass is 9.97. The Morgan fingerprint density at radius 3 is 2.71 bits per heavy atom. The van der Waals surface area contributed by atoms with Crippen LogP contribution in [0.15, 0.2) is 35.9 Å². The quantitative estimate of drug-likeness (QED) is 0.597. The van der Waals surface area contributed by atoms with Crippen LogP contribution in [0.1, 0.15) is 43.2 Å². The van der Waals surface area contributed by atoms with Crippen LogP contribution in [0.4, 0.5) is 0 Å². The van der Waals surface area contributed by atoms with Crippen LogP contribution in [0.25, 0.3) is 0 Å². The van der Waals surface area contributed by atoms with Crippen LogP contribution in [0.5, 0.6) is 0 Å². The summed E-state index contributed by atoms with van der Waals surface area (Å²) in [5.74, 6) is 0.0631. The highest BCUT2D eigenvalue weighted by Crippen LogP contribution is 2.19. The molecule has 1 aromatic carbocycles. The molecule has 1 aromatic rings. The molecule has 0 radical (unpaired) electrons. The van der Waals surface area contributed by atoms with Crippen molar-refractivity contribution in [2.75, 3.05) is 13.1 Å². The Hall–Kier alpha value is -1.61. The molecular weight excluding hydrogens is 260 g/mol. The molecule has 3 nitrogen and oxygen atoms in total. The normalized spacial score (nSPS) is 14.6. The fourth-order valence-corrected chi connectivity index (χ4v) is 2.55. The van der Waals surface area contributed by atoms with Crippen LogP contribution in [-0.4, -0.2) is 19.0 Å². The minimum absolute atomic E-state index is 0.0631. The van der Waals surface area contributed by atoms with Crippen molar-refractivity contribution < 1.29 is 4.79 Å². The third kappa shape index (κ3) is 6.13. The monoisotopic (exact) mass is 286 g/mol. The van der Waals surface area contributed by atoms with Crippen LogP contribution < -0.4 is 10.6 Å². The number of allylic oxidation sites excluding steroid dienone is 1. The zero-order valence-electron chi connectivity index (χ0n) is 13.0. The van der Waals surface area contributed by atoms with E-state index in [4.69, 9.17) is 0 Å². The number of amides is 1. The Kier molecular flexibility index (Phi) is 6.48. The predicted molar refractivity (Wildman–Crippen MR) is 87.1 cm³/mol. The number of hydrogen-bond acceptors (Lipinski definition) is 2. The van der Waals surface area contributed by atoms with E-state index in [0.717, 1.165) is 18.5 Å². The van der Waals surface area contributed by atoms with E-state index >= 15 is 0 Å². The second-order valence-corrected chi connectivity index (χ2v) is 5.80. The van der Waals surface area contributed by atoms with Crippen LogP contribution in [0, 0.1) is 6.92 Å². The summed E-state index contributed by atoms with van der Waals surface area (Å²) in [4.78, 5) is 11.7. The minimum Gasteiger partial charge on any atom is -0.351 e. The maximum atomic E-state index is 11.7. The van der Waals surface area contributed by atoms with Gasteiger partial charge in [0.1, 0.15) is 0 Å². The standard InChI is InChI=1S/C18H26N2O/c1-15-7-9-17(10-8-15)13-20-18(21)14-19-12-11-16-5-3-2-4-6-16/h5,7-10,19H,2-4,6,11-14H2,1H3,(H,20,21). The molecule has 1 aliphatic rings. The average molecular weight is 286 g/mol. The lowest BCUT2D eigenvalue weighted by Crippen LogP contribution is -2.34. The molecule has 0 heterocycles. The van der Waals surface area contributed by atoms with Gasteiger partial charge in [-0.05, 0) is 51.1 Å². The van der Waals surface area contributed by atoms with Gasteiger partial charge in [0, 0.05) is 6.54 Å². The number of aryl methyl sites for hydroxylation is 1. The van der Waals surface area contributed by atoms with Gasteiger partial charge in [0.2, 0.25) is 5.91 Å². The van der Waals surface area contributed by atoms with E-state index in [1.807, 2.05) is 0 Å². The number of benzene rings is 1. The lowest BCUT2D eigenvalue weighted by molar-refractivity contribution is -0.120. The van der Waals surface area contributed by atoms with Crippen molar-refractivity contribution in [1.82, 2.24) is 10.6 Å². The molecule has 1 amide bonds. The molecule has 0 spiro atoms. The molecule has 2 rings (SSSR count). The number of carbonyl (C=O) groups is 1. The van der Waals surface area contributed by atoms with Gasteiger partial charge >= 0.3 is 0 Å². The minimum atomic E-state index is 0.0631. The summed E-state index contributed by atoms with van der Waals surface area (Å²) in [5.41, 5.74) is 3.93. The SMILES string of the molecule is Cc1ccc(CNC(=O)CNCCC2=CCCCC2)cc1. The second kappa shape index (κ2) is 8.63. The van der Waals surface area contributed by atoms with E-state index in [9.17, 15) is 4.79 Å². The molecule has 21 heavy (non-hydrogen) atoms. The van der Waals surface area contributed by atoms with Crippen LogP contribution in [-0.2, 0) is 11.3 Å². The third-order valence-corrected chi connectivity index (χ3v) is 3.90. The van der Waals surface area contributed by atoms with Gasteiger partial charge in [-0.15, -0.1) is 0 Å². The molecule has 0 saturated heterocycles. The van der Waals surface area contributed by atoms with E-state index in [1.54, 1.807) is 5.57 Å². The van der Waals surface area contributed by atoms with Crippen molar-refractivity contribution in [3.8, 4) is 0 Å². The molecule has 0 aliphatic heterocycles. The molecular formula is C18H26N2O. The van der Waals surface area contributed by atoms with Crippen molar-refractivity contribution in [1.29, 1.82) is 0 Å². The summed E-state index contributed by atoms with van der Waals surface area (Å²) < 4.78 is 0. The first-order valence-corrected chi connectivity index (χ1v) is 7.95. The fraction of sp³-hybridized carbons (Fsp3) is 0.500. The van der Waals surface area contributed by atoms with Gasteiger partial charge in [-0.3, -0.25) is 4.79 Å². The molecule has 0 aromatic heterocycles. The van der Waals surface area contributed by atoms with Crippen molar-refractivity contribution in [2.24, 2.45) is 0 Å². The molecule has 0 atom stereocenters. The Morgan fingerprint density at radius 1 is 1.19 bits per heavy atom. The molecule has 0 saturated carbocycles. The van der Waals surface area contributed by atoms with Gasteiger partial charge in [0.15, 0.2) is 0 Å². The van der Waals surface area contributed by atoms with Gasteiger partial charge < -0.3 is 10.6 Å². The highest BCUT2D eigenvalue weighted by Gasteiger charge is 2.04. The van der Waals surface area contributed by atoms with E-state index in [1.165, 1.54) is 31.2 Å². The largest absolute Gasteiger partial charge is 0.351 e. The van der Waals surface area contributed by atoms with Crippen LogP contribution in [0.2, 0.25) is 0 Å². The van der Waals surface area contributed by atoms with Crippen molar-refractivity contribution in [3.05, 3.63) is 47.0 Å². The van der Waals surface area contributed by atoms with E-state index in [2.05, 4.69) is 47.9 Å².